The Kier molecular flexibility index (Phi) is 4.92. The van der Waals surface area contributed by atoms with Crippen molar-refractivity contribution in [3.8, 4) is 0 Å². The van der Waals surface area contributed by atoms with Gasteiger partial charge in [0.1, 0.15) is 0 Å². The summed E-state index contributed by atoms with van der Waals surface area (Å²) < 4.78 is 0. The van der Waals surface area contributed by atoms with E-state index in [2.05, 4.69) is 39.1 Å². The van der Waals surface area contributed by atoms with Crippen molar-refractivity contribution in [1.82, 2.24) is 4.90 Å². The van der Waals surface area contributed by atoms with Gasteiger partial charge in [0.2, 0.25) is 0 Å². The van der Waals surface area contributed by atoms with Crippen LogP contribution in [-0.4, -0.2) is 30.4 Å². The third kappa shape index (κ3) is 3.99. The highest BCUT2D eigenvalue weighted by Gasteiger charge is 2.30. The van der Waals surface area contributed by atoms with Gasteiger partial charge in [0.15, 0.2) is 0 Å². The molecule has 3 nitrogen and oxygen atoms in total. The predicted octanol–water partition coefficient (Wildman–Crippen LogP) is 4.08. The Morgan fingerprint density at radius 3 is 2.81 bits per heavy atom. The summed E-state index contributed by atoms with van der Waals surface area (Å²) in [4.78, 5) is 14.9. The molecule has 1 fully saturated rings. The van der Waals surface area contributed by atoms with E-state index in [4.69, 9.17) is 0 Å². The fraction of sp³-hybridized carbons (Fsp3) is 0.611. The first kappa shape index (κ1) is 15.9. The summed E-state index contributed by atoms with van der Waals surface area (Å²) in [5.41, 5.74) is 3.21. The van der Waals surface area contributed by atoms with E-state index < -0.39 is 0 Å². The zero-order chi connectivity index (χ0) is 15.5. The highest BCUT2D eigenvalue weighted by Crippen LogP contribution is 2.30. The summed E-state index contributed by atoms with van der Waals surface area (Å²) in [7, 11) is 0. The van der Waals surface area contributed by atoms with Gasteiger partial charge in [-0.25, -0.2) is 0 Å². The number of carbonyl (C=O) groups is 1. The van der Waals surface area contributed by atoms with E-state index in [1.807, 2.05) is 17.0 Å². The number of amides is 1. The molecule has 1 aliphatic heterocycles. The maximum absolute atomic E-state index is 12.9. The van der Waals surface area contributed by atoms with Crippen LogP contribution in [0.25, 0.3) is 0 Å². The number of rotatable bonds is 4. The van der Waals surface area contributed by atoms with Gasteiger partial charge in [-0.3, -0.25) is 4.79 Å². The normalized spacial score (nSPS) is 17.6. The van der Waals surface area contributed by atoms with Crippen molar-refractivity contribution in [1.29, 1.82) is 0 Å². The van der Waals surface area contributed by atoms with Gasteiger partial charge in [-0.15, -0.1) is 0 Å². The number of anilines is 1. The van der Waals surface area contributed by atoms with Crippen LogP contribution in [0.5, 0.6) is 0 Å². The average Bonchev–Trinajstić information content (AvgIpc) is 2.43. The van der Waals surface area contributed by atoms with Crippen LogP contribution in [0.3, 0.4) is 0 Å². The maximum Gasteiger partial charge on any atom is 0.255 e. The summed E-state index contributed by atoms with van der Waals surface area (Å²) in [6.45, 7) is 11.3. The summed E-state index contributed by atoms with van der Waals surface area (Å²) in [6.07, 6.45) is 3.35. The topological polar surface area (TPSA) is 32.3 Å². The number of piperidine rings is 1. The molecule has 21 heavy (non-hydrogen) atoms. The lowest BCUT2D eigenvalue weighted by molar-refractivity contribution is 0.0584. The second kappa shape index (κ2) is 6.50. The van der Waals surface area contributed by atoms with Crippen LogP contribution in [0.15, 0.2) is 18.2 Å². The molecule has 2 rings (SSSR count). The third-order valence-electron chi connectivity index (χ3n) is 4.16. The van der Waals surface area contributed by atoms with Crippen molar-refractivity contribution in [2.24, 2.45) is 5.41 Å². The van der Waals surface area contributed by atoms with Crippen LogP contribution in [0.2, 0.25) is 0 Å². The minimum absolute atomic E-state index is 0.168. The van der Waals surface area contributed by atoms with Gasteiger partial charge in [0, 0.05) is 25.3 Å². The van der Waals surface area contributed by atoms with E-state index >= 15 is 0 Å². The van der Waals surface area contributed by atoms with Gasteiger partial charge in [0.05, 0.1) is 5.56 Å². The van der Waals surface area contributed by atoms with Gasteiger partial charge in [-0.05, 0) is 49.3 Å². The summed E-state index contributed by atoms with van der Waals surface area (Å²) in [5, 5.41) is 3.40. The van der Waals surface area contributed by atoms with Crippen molar-refractivity contribution in [2.45, 2.75) is 47.0 Å². The van der Waals surface area contributed by atoms with Crippen molar-refractivity contribution in [2.75, 3.05) is 25.0 Å². The van der Waals surface area contributed by atoms with Gasteiger partial charge in [0.25, 0.3) is 5.91 Å². The summed E-state index contributed by atoms with van der Waals surface area (Å²) >= 11 is 0. The van der Waals surface area contributed by atoms with E-state index in [-0.39, 0.29) is 11.3 Å². The molecule has 0 atom stereocenters. The number of hydrogen-bond acceptors (Lipinski definition) is 2. The predicted molar refractivity (Wildman–Crippen MR) is 88.9 cm³/mol. The molecule has 1 aliphatic rings. The minimum atomic E-state index is 0.168. The average molecular weight is 288 g/mol. The fourth-order valence-corrected chi connectivity index (χ4v) is 3.02. The Bertz CT molecular complexity index is 508. The first-order valence-corrected chi connectivity index (χ1v) is 8.07. The smallest absolute Gasteiger partial charge is 0.255 e. The highest BCUT2D eigenvalue weighted by atomic mass is 16.2. The molecule has 0 radical (unpaired) electrons. The van der Waals surface area contributed by atoms with E-state index in [1.165, 1.54) is 12.0 Å². The fourth-order valence-electron chi connectivity index (χ4n) is 3.02. The van der Waals surface area contributed by atoms with E-state index in [0.717, 1.165) is 43.7 Å². The number of likely N-dealkylation sites (tertiary alicyclic amines) is 1. The SMILES string of the molecule is CCCNc1cc(C)ccc1C(=O)N1CCCC(C)(C)C1. The summed E-state index contributed by atoms with van der Waals surface area (Å²) in [5.74, 6) is 0.168. The molecule has 0 bridgehead atoms. The number of nitrogens with one attached hydrogen (secondary N) is 1. The second-order valence-corrected chi connectivity index (χ2v) is 6.97. The van der Waals surface area contributed by atoms with Crippen LogP contribution in [0, 0.1) is 12.3 Å². The molecule has 1 saturated heterocycles. The van der Waals surface area contributed by atoms with Crippen molar-refractivity contribution >= 4 is 11.6 Å². The molecule has 0 aromatic heterocycles. The first-order chi connectivity index (χ1) is 9.93. The Balaban J connectivity index is 2.21. The van der Waals surface area contributed by atoms with Gasteiger partial charge in [-0.2, -0.15) is 0 Å². The molecule has 0 unspecified atom stereocenters. The Labute approximate surface area is 128 Å². The zero-order valence-electron chi connectivity index (χ0n) is 13.8. The maximum atomic E-state index is 12.9. The standard InChI is InChI=1S/C18H28N2O/c1-5-10-19-16-12-14(2)7-8-15(16)17(21)20-11-6-9-18(3,4)13-20/h7-8,12,19H,5-6,9-11,13H2,1-4H3. The van der Waals surface area contributed by atoms with Crippen LogP contribution < -0.4 is 5.32 Å². The molecule has 116 valence electrons. The van der Waals surface area contributed by atoms with Crippen molar-refractivity contribution in [3.05, 3.63) is 29.3 Å². The molecule has 0 saturated carbocycles. The van der Waals surface area contributed by atoms with Crippen molar-refractivity contribution < 1.29 is 4.79 Å². The first-order valence-electron chi connectivity index (χ1n) is 8.07. The molecular weight excluding hydrogens is 260 g/mol. The van der Waals surface area contributed by atoms with E-state index in [9.17, 15) is 4.79 Å². The molecule has 0 aliphatic carbocycles. The lowest BCUT2D eigenvalue weighted by atomic mass is 9.84. The van der Waals surface area contributed by atoms with Crippen LogP contribution in [0.4, 0.5) is 5.69 Å². The Hall–Kier alpha value is -1.51. The van der Waals surface area contributed by atoms with Crippen LogP contribution in [0.1, 0.15) is 56.0 Å². The third-order valence-corrected chi connectivity index (χ3v) is 4.16. The second-order valence-electron chi connectivity index (χ2n) is 6.97. The lowest BCUT2D eigenvalue weighted by Gasteiger charge is -2.38. The molecular formula is C18H28N2O. The molecule has 1 aromatic rings. The number of benzene rings is 1. The van der Waals surface area contributed by atoms with Crippen LogP contribution >= 0.6 is 0 Å². The van der Waals surface area contributed by atoms with Gasteiger partial charge in [-0.1, -0.05) is 26.8 Å². The largest absolute Gasteiger partial charge is 0.384 e. The molecule has 1 N–H and O–H groups in total. The zero-order valence-corrected chi connectivity index (χ0v) is 13.8. The van der Waals surface area contributed by atoms with Crippen molar-refractivity contribution in [3.63, 3.8) is 0 Å². The molecule has 1 amide bonds. The Morgan fingerprint density at radius 1 is 1.38 bits per heavy atom. The van der Waals surface area contributed by atoms with Gasteiger partial charge >= 0.3 is 0 Å². The molecule has 0 spiro atoms. The van der Waals surface area contributed by atoms with Gasteiger partial charge < -0.3 is 10.2 Å². The van der Waals surface area contributed by atoms with E-state index in [0.29, 0.717) is 0 Å². The Morgan fingerprint density at radius 2 is 2.14 bits per heavy atom. The molecule has 1 heterocycles. The van der Waals surface area contributed by atoms with Crippen LogP contribution in [-0.2, 0) is 0 Å². The molecule has 1 aromatic carbocycles. The number of hydrogen-bond donors (Lipinski definition) is 1. The van der Waals surface area contributed by atoms with E-state index in [1.54, 1.807) is 0 Å². The summed E-state index contributed by atoms with van der Waals surface area (Å²) in [6, 6.07) is 6.08. The minimum Gasteiger partial charge on any atom is -0.384 e. The molecule has 3 heteroatoms. The number of carbonyl (C=O) groups excluding carboxylic acids is 1. The monoisotopic (exact) mass is 288 g/mol. The quantitative estimate of drug-likeness (QED) is 0.905. The number of nitrogens with zero attached hydrogens (tertiary/aromatic N) is 1. The highest BCUT2D eigenvalue weighted by molar-refractivity contribution is 5.99. The lowest BCUT2D eigenvalue weighted by Crippen LogP contribution is -2.43. The number of aryl methyl sites for hydroxylation is 1.